The maximum Gasteiger partial charge on any atom is 0.560 e. The van der Waals surface area contributed by atoms with Gasteiger partial charge in [-0.25, -0.2) is 0 Å². The summed E-state index contributed by atoms with van der Waals surface area (Å²) in [4.78, 5) is 0. The number of aryl methyl sites for hydroxylation is 2. The molecule has 0 aliphatic carbocycles. The molecular formula is C21H16BF3N3+. The summed E-state index contributed by atoms with van der Waals surface area (Å²) in [5, 5.41) is 8.24. The first-order chi connectivity index (χ1) is 13.4. The van der Waals surface area contributed by atoms with Crippen molar-refractivity contribution in [3.05, 3.63) is 65.0 Å². The van der Waals surface area contributed by atoms with Gasteiger partial charge in [0.25, 0.3) is 0 Å². The Hall–Kier alpha value is -2.96. The lowest BCUT2D eigenvalue weighted by Gasteiger charge is -2.23. The van der Waals surface area contributed by atoms with Gasteiger partial charge in [-0.15, -0.1) is 10.2 Å². The molecule has 0 fully saturated rings. The van der Waals surface area contributed by atoms with Crippen LogP contribution in [0.1, 0.15) is 28.9 Å². The third-order valence-electron chi connectivity index (χ3n) is 5.63. The van der Waals surface area contributed by atoms with Gasteiger partial charge < -0.3 is 0 Å². The van der Waals surface area contributed by atoms with Gasteiger partial charge >= 0.3 is 13.0 Å². The van der Waals surface area contributed by atoms with Crippen LogP contribution in [0.5, 0.6) is 0 Å². The van der Waals surface area contributed by atoms with Crippen LogP contribution in [0.25, 0.3) is 16.5 Å². The fraction of sp³-hybridized carbons (Fsp3) is 0.190. The molecule has 0 unspecified atom stereocenters. The van der Waals surface area contributed by atoms with Crippen LogP contribution >= 0.6 is 0 Å². The molecule has 3 nitrogen and oxygen atoms in total. The Balaban J connectivity index is 1.92. The SMILES string of the molecule is Cc1cccc(C)c1B1c2cccc3c(C(F)(F)F)nnc(c23)C2=CCC=[N+]12. The lowest BCUT2D eigenvalue weighted by molar-refractivity contribution is -0.262. The van der Waals surface area contributed by atoms with Crippen molar-refractivity contribution in [3.8, 4) is 0 Å². The van der Waals surface area contributed by atoms with Gasteiger partial charge in [-0.1, -0.05) is 36.4 Å². The number of hydrogen-bond donors (Lipinski definition) is 0. The highest BCUT2D eigenvalue weighted by atomic mass is 19.4. The summed E-state index contributed by atoms with van der Waals surface area (Å²) in [6, 6.07) is 11.2. The molecule has 2 aromatic carbocycles. The number of aromatic nitrogens is 2. The van der Waals surface area contributed by atoms with E-state index in [1.165, 1.54) is 6.07 Å². The highest BCUT2D eigenvalue weighted by Gasteiger charge is 2.48. The number of allylic oxidation sites excluding steroid dienone is 1. The first-order valence-corrected chi connectivity index (χ1v) is 9.12. The fourth-order valence-electron chi connectivity index (χ4n) is 4.50. The lowest BCUT2D eigenvalue weighted by Crippen LogP contribution is -2.55. The zero-order valence-corrected chi connectivity index (χ0v) is 15.4. The Morgan fingerprint density at radius 3 is 2.43 bits per heavy atom. The largest absolute Gasteiger partial charge is 0.560 e. The summed E-state index contributed by atoms with van der Waals surface area (Å²) in [6.45, 7) is 3.91. The number of alkyl halides is 3. The zero-order valence-electron chi connectivity index (χ0n) is 15.4. The number of nitrogens with zero attached hydrogens (tertiary/aromatic N) is 3. The van der Waals surface area contributed by atoms with Crippen molar-refractivity contribution >= 4 is 40.5 Å². The first kappa shape index (κ1) is 17.2. The van der Waals surface area contributed by atoms with E-state index >= 15 is 0 Å². The minimum atomic E-state index is -4.55. The number of rotatable bonds is 1. The van der Waals surface area contributed by atoms with Crippen molar-refractivity contribution in [1.29, 1.82) is 0 Å². The second-order valence-electron chi connectivity index (χ2n) is 7.29. The smallest absolute Gasteiger partial charge is 0.277 e. The highest BCUT2D eigenvalue weighted by Crippen LogP contribution is 2.37. The Morgan fingerprint density at radius 1 is 1.00 bits per heavy atom. The first-order valence-electron chi connectivity index (χ1n) is 9.12. The van der Waals surface area contributed by atoms with Crippen LogP contribution in [-0.2, 0) is 6.18 Å². The molecule has 138 valence electrons. The van der Waals surface area contributed by atoms with Gasteiger partial charge in [-0.2, -0.15) is 13.2 Å². The third-order valence-corrected chi connectivity index (χ3v) is 5.63. The van der Waals surface area contributed by atoms with Gasteiger partial charge in [-0.05, 0) is 31.1 Å². The highest BCUT2D eigenvalue weighted by molar-refractivity contribution is 6.82. The molecule has 0 amide bonds. The molecule has 0 spiro atoms. The molecule has 3 heterocycles. The number of hydrogen-bond acceptors (Lipinski definition) is 2. The van der Waals surface area contributed by atoms with Crippen molar-refractivity contribution in [2.45, 2.75) is 26.4 Å². The van der Waals surface area contributed by atoms with Crippen LogP contribution in [0.15, 0.2) is 42.5 Å². The number of fused-ring (bicyclic) bond motifs is 2. The molecule has 5 rings (SSSR count). The maximum atomic E-state index is 13.6. The Bertz CT molecular complexity index is 1190. The van der Waals surface area contributed by atoms with Crippen LogP contribution in [0, 0.1) is 13.8 Å². The molecule has 0 N–H and O–H groups in total. The molecule has 0 atom stereocenters. The van der Waals surface area contributed by atoms with Gasteiger partial charge in [0, 0.05) is 28.1 Å². The summed E-state index contributed by atoms with van der Waals surface area (Å²) in [5.74, 6) is 0. The molecule has 0 saturated heterocycles. The zero-order chi connectivity index (χ0) is 19.6. The minimum absolute atomic E-state index is 0.110. The average Bonchev–Trinajstić information content (AvgIpc) is 3.12. The van der Waals surface area contributed by atoms with Gasteiger partial charge in [0.2, 0.25) is 5.70 Å². The molecule has 28 heavy (non-hydrogen) atoms. The second-order valence-corrected chi connectivity index (χ2v) is 7.29. The molecule has 3 aromatic rings. The van der Waals surface area contributed by atoms with Crippen LogP contribution in [0.3, 0.4) is 0 Å². The van der Waals surface area contributed by atoms with E-state index in [1.807, 2.05) is 44.2 Å². The van der Waals surface area contributed by atoms with Crippen molar-refractivity contribution in [3.63, 3.8) is 0 Å². The standard InChI is InChI=1S/C21H16BF3N3/c1-12-6-3-7-13(2)18(12)22-15-9-4-8-14-17(15)19(16-10-5-11-28(16)22)26-27-20(14)21(23,24)25/h3-4,6-11H,5H2,1-2H3/q+1. The molecule has 7 heteroatoms. The topological polar surface area (TPSA) is 28.8 Å². The Kier molecular flexibility index (Phi) is 3.54. The van der Waals surface area contributed by atoms with Crippen molar-refractivity contribution in [1.82, 2.24) is 10.2 Å². The number of halogens is 3. The monoisotopic (exact) mass is 378 g/mol. The summed E-state index contributed by atoms with van der Waals surface area (Å²) < 4.78 is 42.9. The minimum Gasteiger partial charge on any atom is -0.277 e. The molecule has 2 aliphatic heterocycles. The summed E-state index contributed by atoms with van der Waals surface area (Å²) in [7, 11) is 0. The molecule has 0 bridgehead atoms. The van der Waals surface area contributed by atoms with E-state index in [-0.39, 0.29) is 12.2 Å². The number of benzene rings is 2. The summed E-state index contributed by atoms with van der Waals surface area (Å²) >= 11 is 0. The summed E-state index contributed by atoms with van der Waals surface area (Å²) in [5.41, 5.74) is 4.61. The fourth-order valence-corrected chi connectivity index (χ4v) is 4.50. The van der Waals surface area contributed by atoms with Crippen molar-refractivity contribution < 1.29 is 17.7 Å². The van der Waals surface area contributed by atoms with E-state index in [1.54, 1.807) is 6.07 Å². The van der Waals surface area contributed by atoms with Crippen LogP contribution in [0.2, 0.25) is 0 Å². The van der Waals surface area contributed by atoms with Gasteiger partial charge in [0.05, 0.1) is 0 Å². The quantitative estimate of drug-likeness (QED) is 0.609. The van der Waals surface area contributed by atoms with E-state index in [2.05, 4.69) is 20.9 Å². The van der Waals surface area contributed by atoms with Gasteiger partial charge in [0.15, 0.2) is 11.4 Å². The summed E-state index contributed by atoms with van der Waals surface area (Å²) in [6.07, 6.45) is 0.251. The normalized spacial score (nSPS) is 15.5. The van der Waals surface area contributed by atoms with Gasteiger partial charge in [-0.3, -0.25) is 4.49 Å². The Morgan fingerprint density at radius 2 is 1.71 bits per heavy atom. The van der Waals surface area contributed by atoms with Crippen molar-refractivity contribution in [2.75, 3.05) is 0 Å². The van der Waals surface area contributed by atoms with Crippen molar-refractivity contribution in [2.24, 2.45) is 0 Å². The molecule has 0 radical (unpaired) electrons. The molecule has 0 saturated carbocycles. The molecule has 1 aromatic heterocycles. The predicted molar refractivity (Wildman–Crippen MR) is 104 cm³/mol. The average molecular weight is 378 g/mol. The van der Waals surface area contributed by atoms with E-state index < -0.39 is 11.9 Å². The van der Waals surface area contributed by atoms with E-state index in [9.17, 15) is 13.2 Å². The van der Waals surface area contributed by atoms with Crippen LogP contribution in [-0.4, -0.2) is 27.7 Å². The molecule has 2 aliphatic rings. The maximum absolute atomic E-state index is 13.6. The van der Waals surface area contributed by atoms with Crippen LogP contribution in [0.4, 0.5) is 13.2 Å². The van der Waals surface area contributed by atoms with E-state index in [0.29, 0.717) is 11.1 Å². The lowest BCUT2D eigenvalue weighted by atomic mass is 9.46. The van der Waals surface area contributed by atoms with Gasteiger partial charge in [0.1, 0.15) is 6.21 Å². The van der Waals surface area contributed by atoms with E-state index in [4.69, 9.17) is 0 Å². The predicted octanol–water partition coefficient (Wildman–Crippen LogP) is 3.21. The third kappa shape index (κ3) is 2.28. The van der Waals surface area contributed by atoms with Crippen LogP contribution < -0.4 is 10.9 Å². The molecular weight excluding hydrogens is 362 g/mol. The second kappa shape index (κ2) is 5.77. The van der Waals surface area contributed by atoms with E-state index in [0.717, 1.165) is 34.2 Å². The Labute approximate surface area is 160 Å².